The minimum atomic E-state index is -4.87. The first-order valence-corrected chi connectivity index (χ1v) is 8.50. The maximum Gasteiger partial charge on any atom is 0.416 e. The van der Waals surface area contributed by atoms with Crippen LogP contribution in [0.1, 0.15) is 28.1 Å². The molecule has 12 heteroatoms. The number of rotatable bonds is 4. The van der Waals surface area contributed by atoms with Gasteiger partial charge in [0.05, 0.1) is 22.8 Å². The lowest BCUT2D eigenvalue weighted by molar-refractivity contribution is -0.141. The maximum absolute atomic E-state index is 13.3. The minimum Gasteiger partial charge on any atom is -0.368 e. The van der Waals surface area contributed by atoms with Gasteiger partial charge in [0.25, 0.3) is 0 Å². The molecule has 0 fully saturated rings. The van der Waals surface area contributed by atoms with E-state index in [0.29, 0.717) is 29.4 Å². The van der Waals surface area contributed by atoms with Crippen LogP contribution in [0.4, 0.5) is 43.9 Å². The van der Waals surface area contributed by atoms with Crippen molar-refractivity contribution in [3.05, 3.63) is 70.5 Å². The van der Waals surface area contributed by atoms with Gasteiger partial charge in [0, 0.05) is 12.1 Å². The van der Waals surface area contributed by atoms with Gasteiger partial charge in [-0.05, 0) is 48.0 Å². The zero-order chi connectivity index (χ0) is 22.8. The topological polar surface area (TPSA) is 101 Å². The average Bonchev–Trinajstić information content (AvgIpc) is 2.66. The van der Waals surface area contributed by atoms with Gasteiger partial charge in [0.15, 0.2) is 0 Å². The van der Waals surface area contributed by atoms with Crippen molar-refractivity contribution in [2.45, 2.75) is 18.8 Å². The summed E-state index contributed by atoms with van der Waals surface area (Å²) in [7, 11) is 0. The van der Waals surface area contributed by atoms with E-state index in [9.17, 15) is 26.3 Å². The summed E-state index contributed by atoms with van der Waals surface area (Å²) in [5, 5.41) is 11.6. The monoisotopic (exact) mass is 438 g/mol. The lowest BCUT2D eigenvalue weighted by Gasteiger charge is -2.15. The van der Waals surface area contributed by atoms with Gasteiger partial charge in [-0.25, -0.2) is 0 Å². The molecule has 0 aliphatic carbocycles. The normalized spacial score (nSPS) is 11.8. The van der Waals surface area contributed by atoms with Crippen LogP contribution in [0.25, 0.3) is 0 Å². The van der Waals surface area contributed by atoms with Crippen molar-refractivity contribution in [2.24, 2.45) is 0 Å². The van der Waals surface area contributed by atoms with Crippen LogP contribution in [0, 0.1) is 11.3 Å². The van der Waals surface area contributed by atoms with Gasteiger partial charge in [0.2, 0.25) is 11.9 Å². The lowest BCUT2D eigenvalue weighted by atomic mass is 10.00. The molecule has 0 aliphatic heterocycles. The Labute approximate surface area is 171 Å². The number of nitrogens with two attached hydrogens (primary N) is 1. The zero-order valence-electron chi connectivity index (χ0n) is 15.4. The van der Waals surface area contributed by atoms with E-state index >= 15 is 0 Å². The second-order valence-electron chi connectivity index (χ2n) is 6.29. The molecule has 6 nitrogen and oxygen atoms in total. The average molecular weight is 438 g/mol. The third-order valence-electron chi connectivity index (χ3n) is 4.06. The van der Waals surface area contributed by atoms with Crippen molar-refractivity contribution >= 4 is 17.6 Å². The van der Waals surface area contributed by atoms with E-state index in [2.05, 4.69) is 20.3 Å². The number of nitriles is 1. The number of halogens is 6. The molecule has 3 aromatic rings. The van der Waals surface area contributed by atoms with Gasteiger partial charge in [0.1, 0.15) is 5.82 Å². The van der Waals surface area contributed by atoms with Crippen molar-refractivity contribution in [1.82, 2.24) is 15.0 Å². The predicted molar refractivity (Wildman–Crippen MR) is 97.9 cm³/mol. The van der Waals surface area contributed by atoms with Crippen molar-refractivity contribution in [1.29, 1.82) is 5.26 Å². The number of nitrogen functional groups attached to an aromatic ring is 1. The van der Waals surface area contributed by atoms with Crippen LogP contribution in [0.2, 0.25) is 0 Å². The molecule has 0 saturated heterocycles. The molecule has 3 N–H and O–H groups in total. The first kappa shape index (κ1) is 21.8. The summed E-state index contributed by atoms with van der Waals surface area (Å²) >= 11 is 0. The molecule has 0 aliphatic rings. The summed E-state index contributed by atoms with van der Waals surface area (Å²) in [6.07, 6.45) is -10.4. The minimum absolute atomic E-state index is 0.118. The number of benzene rings is 2. The number of anilines is 3. The smallest absolute Gasteiger partial charge is 0.368 e. The van der Waals surface area contributed by atoms with Gasteiger partial charge in [-0.3, -0.25) is 0 Å². The standard InChI is InChI=1S/C19H12F6N6/c20-18(21,22)12-3-6-14(19(23,24)25)11(7-12)8-15-29-16(27)31-17(30-15)28-13-4-1-10(9-26)2-5-13/h1-7H,8H2,(H3,27,28,29,30,31). The van der Waals surface area contributed by atoms with E-state index < -0.39 is 35.5 Å². The molecular weight excluding hydrogens is 426 g/mol. The number of nitrogens with zero attached hydrogens (tertiary/aromatic N) is 4. The highest BCUT2D eigenvalue weighted by molar-refractivity contribution is 5.55. The molecule has 1 heterocycles. The van der Waals surface area contributed by atoms with Crippen molar-refractivity contribution in [3.63, 3.8) is 0 Å². The molecule has 0 atom stereocenters. The van der Waals surface area contributed by atoms with Gasteiger partial charge >= 0.3 is 12.4 Å². The molecule has 0 bridgehead atoms. The molecule has 0 radical (unpaired) electrons. The van der Waals surface area contributed by atoms with Crippen LogP contribution < -0.4 is 11.1 Å². The van der Waals surface area contributed by atoms with Gasteiger partial charge in [-0.2, -0.15) is 46.6 Å². The molecule has 31 heavy (non-hydrogen) atoms. The number of alkyl halides is 6. The molecular formula is C19H12F6N6. The van der Waals surface area contributed by atoms with E-state index in [1.807, 2.05) is 6.07 Å². The molecule has 0 unspecified atom stereocenters. The highest BCUT2D eigenvalue weighted by Gasteiger charge is 2.37. The predicted octanol–water partition coefficient (Wildman–Crippen LogP) is 4.70. The Hall–Kier alpha value is -3.88. The summed E-state index contributed by atoms with van der Waals surface area (Å²) in [6.45, 7) is 0. The van der Waals surface area contributed by atoms with Crippen LogP contribution in [0.3, 0.4) is 0 Å². The van der Waals surface area contributed by atoms with Crippen LogP contribution in [0.5, 0.6) is 0 Å². The summed E-state index contributed by atoms with van der Waals surface area (Å²) < 4.78 is 78.8. The Kier molecular flexibility index (Phi) is 5.70. The van der Waals surface area contributed by atoms with Gasteiger partial charge in [-0.1, -0.05) is 0 Å². The fraction of sp³-hybridized carbons (Fsp3) is 0.158. The SMILES string of the molecule is N#Cc1ccc(Nc2nc(N)nc(Cc3cc(C(F)(F)F)ccc3C(F)(F)F)n2)cc1. The molecule has 160 valence electrons. The van der Waals surface area contributed by atoms with Gasteiger partial charge in [-0.15, -0.1) is 0 Å². The Morgan fingerprint density at radius 2 is 1.58 bits per heavy atom. The molecule has 1 aromatic heterocycles. The second kappa shape index (κ2) is 8.10. The maximum atomic E-state index is 13.3. The van der Waals surface area contributed by atoms with E-state index in [1.165, 1.54) is 24.3 Å². The Bertz CT molecular complexity index is 1130. The largest absolute Gasteiger partial charge is 0.416 e. The highest BCUT2D eigenvalue weighted by Crippen LogP contribution is 2.37. The van der Waals surface area contributed by atoms with Crippen molar-refractivity contribution in [2.75, 3.05) is 11.1 Å². The van der Waals surface area contributed by atoms with Crippen LogP contribution in [-0.4, -0.2) is 15.0 Å². The number of aromatic nitrogens is 3. The summed E-state index contributed by atoms with van der Waals surface area (Å²) in [4.78, 5) is 11.5. The first-order chi connectivity index (χ1) is 14.5. The molecule has 0 spiro atoms. The van der Waals surface area contributed by atoms with E-state index in [4.69, 9.17) is 11.0 Å². The Morgan fingerprint density at radius 3 is 2.16 bits per heavy atom. The molecule has 2 aromatic carbocycles. The van der Waals surface area contributed by atoms with E-state index in [-0.39, 0.29) is 17.7 Å². The fourth-order valence-corrected chi connectivity index (χ4v) is 2.69. The van der Waals surface area contributed by atoms with Crippen molar-refractivity contribution in [3.8, 4) is 6.07 Å². The molecule has 0 amide bonds. The third-order valence-corrected chi connectivity index (χ3v) is 4.06. The second-order valence-corrected chi connectivity index (χ2v) is 6.29. The third kappa shape index (κ3) is 5.39. The Morgan fingerprint density at radius 1 is 0.903 bits per heavy atom. The van der Waals surface area contributed by atoms with Crippen LogP contribution >= 0.6 is 0 Å². The summed E-state index contributed by atoms with van der Waals surface area (Å²) in [5.41, 5.74) is 3.31. The van der Waals surface area contributed by atoms with Crippen molar-refractivity contribution < 1.29 is 26.3 Å². The van der Waals surface area contributed by atoms with E-state index in [1.54, 1.807) is 0 Å². The molecule has 3 rings (SSSR count). The number of hydrogen-bond acceptors (Lipinski definition) is 6. The number of hydrogen-bond donors (Lipinski definition) is 2. The highest BCUT2D eigenvalue weighted by atomic mass is 19.4. The Balaban J connectivity index is 1.96. The van der Waals surface area contributed by atoms with Gasteiger partial charge < -0.3 is 11.1 Å². The zero-order valence-corrected chi connectivity index (χ0v) is 15.4. The summed E-state index contributed by atoms with van der Waals surface area (Å²) in [5.74, 6) is -0.706. The fourth-order valence-electron chi connectivity index (χ4n) is 2.69. The molecule has 0 saturated carbocycles. The quantitative estimate of drug-likeness (QED) is 0.573. The van der Waals surface area contributed by atoms with Crippen LogP contribution in [-0.2, 0) is 18.8 Å². The van der Waals surface area contributed by atoms with E-state index in [0.717, 1.165) is 0 Å². The number of nitrogens with one attached hydrogen (secondary N) is 1. The summed E-state index contributed by atoms with van der Waals surface area (Å²) in [6, 6.07) is 9.17. The first-order valence-electron chi connectivity index (χ1n) is 8.50. The lowest BCUT2D eigenvalue weighted by Crippen LogP contribution is -2.14. The van der Waals surface area contributed by atoms with Crippen LogP contribution in [0.15, 0.2) is 42.5 Å².